The summed E-state index contributed by atoms with van der Waals surface area (Å²) in [7, 11) is 0. The van der Waals surface area contributed by atoms with Crippen molar-refractivity contribution < 1.29 is 14.3 Å². The van der Waals surface area contributed by atoms with Crippen molar-refractivity contribution in [1.82, 2.24) is 20.1 Å². The third-order valence-corrected chi connectivity index (χ3v) is 5.79. The zero-order chi connectivity index (χ0) is 20.1. The number of esters is 1. The van der Waals surface area contributed by atoms with Gasteiger partial charge in [-0.2, -0.15) is 0 Å². The molecule has 1 N–H and O–H groups in total. The molecule has 7 nitrogen and oxygen atoms in total. The van der Waals surface area contributed by atoms with Gasteiger partial charge in [-0.3, -0.25) is 9.89 Å². The lowest BCUT2D eigenvalue weighted by molar-refractivity contribution is 0.0512. The molecule has 3 rings (SSSR count). The molecule has 0 saturated carbocycles. The van der Waals surface area contributed by atoms with E-state index in [1.807, 2.05) is 17.0 Å². The van der Waals surface area contributed by atoms with E-state index < -0.39 is 5.97 Å². The lowest BCUT2D eigenvalue weighted by Gasteiger charge is -2.31. The molecular weight excluding hydrogens is 400 g/mol. The van der Waals surface area contributed by atoms with E-state index in [0.29, 0.717) is 29.5 Å². The molecule has 1 saturated heterocycles. The molecule has 0 bridgehead atoms. The molecule has 0 aliphatic carbocycles. The van der Waals surface area contributed by atoms with E-state index in [4.69, 9.17) is 16.3 Å². The Morgan fingerprint density at radius 1 is 1.32 bits per heavy atom. The Morgan fingerprint density at radius 2 is 2.07 bits per heavy atom. The molecule has 1 fully saturated rings. The Labute approximate surface area is 173 Å². The smallest absolute Gasteiger partial charge is 0.378 e. The van der Waals surface area contributed by atoms with Gasteiger partial charge in [0.2, 0.25) is 0 Å². The number of aromatic amines is 1. The standard InChI is InChI=1S/C19H23ClN4O3S/c1-3-27-19(26)17-21-16(22-23-17)12-7-9-24(10-8-12)18(25)14-11-13(20)5-6-15(14)28-4-2/h5-6,11-12H,3-4,7-10H2,1-2H3,(H,21,22,23). The van der Waals surface area contributed by atoms with Crippen LogP contribution >= 0.6 is 23.4 Å². The summed E-state index contributed by atoms with van der Waals surface area (Å²) in [5.41, 5.74) is 0.655. The summed E-state index contributed by atoms with van der Waals surface area (Å²) in [5.74, 6) is 1.21. The summed E-state index contributed by atoms with van der Waals surface area (Å²) in [6, 6.07) is 5.46. The molecular formula is C19H23ClN4O3S. The first-order valence-electron chi connectivity index (χ1n) is 9.34. The van der Waals surface area contributed by atoms with E-state index in [9.17, 15) is 9.59 Å². The topological polar surface area (TPSA) is 88.2 Å². The number of aromatic nitrogens is 3. The Morgan fingerprint density at radius 3 is 2.75 bits per heavy atom. The molecule has 150 valence electrons. The van der Waals surface area contributed by atoms with Crippen molar-refractivity contribution in [2.75, 3.05) is 25.4 Å². The second kappa shape index (κ2) is 9.43. The quantitative estimate of drug-likeness (QED) is 0.563. The number of nitrogens with zero attached hydrogens (tertiary/aromatic N) is 3. The van der Waals surface area contributed by atoms with Crippen molar-refractivity contribution in [3.63, 3.8) is 0 Å². The number of carbonyl (C=O) groups excluding carboxylic acids is 2. The molecule has 28 heavy (non-hydrogen) atoms. The highest BCUT2D eigenvalue weighted by Crippen LogP contribution is 2.30. The summed E-state index contributed by atoms with van der Waals surface area (Å²) in [6.45, 7) is 5.30. The van der Waals surface area contributed by atoms with Gasteiger partial charge in [-0.15, -0.1) is 16.9 Å². The predicted molar refractivity (Wildman–Crippen MR) is 108 cm³/mol. The van der Waals surface area contributed by atoms with Gasteiger partial charge in [-0.05, 0) is 43.7 Å². The fourth-order valence-electron chi connectivity index (χ4n) is 3.22. The molecule has 0 spiro atoms. The van der Waals surface area contributed by atoms with Crippen molar-refractivity contribution in [3.05, 3.63) is 40.4 Å². The molecule has 0 radical (unpaired) electrons. The van der Waals surface area contributed by atoms with Gasteiger partial charge < -0.3 is 9.64 Å². The molecule has 1 amide bonds. The number of piperidine rings is 1. The van der Waals surface area contributed by atoms with E-state index >= 15 is 0 Å². The summed E-state index contributed by atoms with van der Waals surface area (Å²) in [4.78, 5) is 31.8. The number of nitrogens with one attached hydrogen (secondary N) is 1. The molecule has 1 aliphatic heterocycles. The highest BCUT2D eigenvalue weighted by atomic mass is 35.5. The largest absolute Gasteiger partial charge is 0.460 e. The normalized spacial score (nSPS) is 14.9. The van der Waals surface area contributed by atoms with Gasteiger partial charge in [-0.25, -0.2) is 9.78 Å². The lowest BCUT2D eigenvalue weighted by atomic mass is 9.95. The van der Waals surface area contributed by atoms with Crippen LogP contribution in [-0.2, 0) is 4.74 Å². The maximum atomic E-state index is 13.0. The minimum Gasteiger partial charge on any atom is -0.460 e. The number of thioether (sulfide) groups is 1. The number of hydrogen-bond donors (Lipinski definition) is 1. The molecule has 2 aromatic rings. The fraction of sp³-hybridized carbons (Fsp3) is 0.474. The van der Waals surface area contributed by atoms with Crippen LogP contribution in [0.5, 0.6) is 0 Å². The van der Waals surface area contributed by atoms with Crippen LogP contribution in [-0.4, -0.2) is 57.4 Å². The number of ether oxygens (including phenoxy) is 1. The van der Waals surface area contributed by atoms with Crippen molar-refractivity contribution in [2.45, 2.75) is 37.5 Å². The Bertz CT molecular complexity index is 849. The molecule has 0 atom stereocenters. The second-order valence-corrected chi connectivity index (χ2v) is 8.15. The maximum Gasteiger partial charge on any atom is 0.378 e. The predicted octanol–water partition coefficient (Wildman–Crippen LogP) is 3.77. The first-order chi connectivity index (χ1) is 13.5. The van der Waals surface area contributed by atoms with Crippen LogP contribution in [0, 0.1) is 0 Å². The van der Waals surface area contributed by atoms with E-state index in [1.165, 1.54) is 0 Å². The van der Waals surface area contributed by atoms with Gasteiger partial charge in [0.25, 0.3) is 11.7 Å². The Hall–Kier alpha value is -2.06. The molecule has 9 heteroatoms. The van der Waals surface area contributed by atoms with Crippen molar-refractivity contribution in [3.8, 4) is 0 Å². The van der Waals surface area contributed by atoms with Gasteiger partial charge in [0, 0.05) is 28.9 Å². The number of rotatable bonds is 6. The lowest BCUT2D eigenvalue weighted by Crippen LogP contribution is -2.38. The zero-order valence-corrected chi connectivity index (χ0v) is 17.5. The van der Waals surface area contributed by atoms with E-state index in [0.717, 1.165) is 23.5 Å². The minimum atomic E-state index is -0.528. The molecule has 0 unspecified atom stereocenters. The first-order valence-corrected chi connectivity index (χ1v) is 10.7. The number of amides is 1. The van der Waals surface area contributed by atoms with Gasteiger partial charge in [-0.1, -0.05) is 18.5 Å². The van der Waals surface area contributed by atoms with Crippen LogP contribution in [0.1, 0.15) is 59.4 Å². The third kappa shape index (κ3) is 4.67. The van der Waals surface area contributed by atoms with Crippen molar-refractivity contribution in [2.24, 2.45) is 0 Å². The third-order valence-electron chi connectivity index (χ3n) is 4.60. The maximum absolute atomic E-state index is 13.0. The van der Waals surface area contributed by atoms with Crippen LogP contribution in [0.3, 0.4) is 0 Å². The fourth-order valence-corrected chi connectivity index (χ4v) is 4.17. The number of hydrogen-bond acceptors (Lipinski definition) is 6. The van der Waals surface area contributed by atoms with Gasteiger partial charge in [0.15, 0.2) is 0 Å². The second-order valence-electron chi connectivity index (χ2n) is 6.40. The summed E-state index contributed by atoms with van der Waals surface area (Å²) in [5, 5.41) is 7.34. The van der Waals surface area contributed by atoms with E-state index in [2.05, 4.69) is 22.1 Å². The van der Waals surface area contributed by atoms with Crippen molar-refractivity contribution in [1.29, 1.82) is 0 Å². The number of likely N-dealkylation sites (tertiary alicyclic amines) is 1. The highest BCUT2D eigenvalue weighted by Gasteiger charge is 2.28. The van der Waals surface area contributed by atoms with Gasteiger partial charge in [0.1, 0.15) is 5.82 Å². The van der Waals surface area contributed by atoms with Crippen LogP contribution in [0.4, 0.5) is 0 Å². The van der Waals surface area contributed by atoms with Crippen LogP contribution in [0.2, 0.25) is 5.02 Å². The summed E-state index contributed by atoms with van der Waals surface area (Å²) in [6.07, 6.45) is 1.50. The Balaban J connectivity index is 1.65. The molecule has 1 aromatic heterocycles. The summed E-state index contributed by atoms with van der Waals surface area (Å²) < 4.78 is 4.92. The number of benzene rings is 1. The molecule has 2 heterocycles. The minimum absolute atomic E-state index is 0.00156. The molecule has 1 aromatic carbocycles. The Kier molecular flexibility index (Phi) is 6.96. The van der Waals surface area contributed by atoms with Gasteiger partial charge >= 0.3 is 5.97 Å². The van der Waals surface area contributed by atoms with Crippen LogP contribution in [0.25, 0.3) is 0 Å². The van der Waals surface area contributed by atoms with E-state index in [-0.39, 0.29) is 24.3 Å². The zero-order valence-electron chi connectivity index (χ0n) is 15.9. The number of H-pyrrole nitrogens is 1. The SMILES string of the molecule is CCOC(=O)c1n[nH]c(C2CCN(C(=O)c3cc(Cl)ccc3SCC)CC2)n1. The van der Waals surface area contributed by atoms with Crippen LogP contribution in [0.15, 0.2) is 23.1 Å². The number of halogens is 1. The monoisotopic (exact) mass is 422 g/mol. The molecule has 1 aliphatic rings. The first kappa shape index (κ1) is 20.7. The average molecular weight is 423 g/mol. The van der Waals surface area contributed by atoms with Crippen molar-refractivity contribution >= 4 is 35.2 Å². The number of carbonyl (C=O) groups is 2. The van der Waals surface area contributed by atoms with Crippen LogP contribution < -0.4 is 0 Å². The van der Waals surface area contributed by atoms with Gasteiger partial charge in [0.05, 0.1) is 12.2 Å². The average Bonchev–Trinajstić information content (AvgIpc) is 3.20. The highest BCUT2D eigenvalue weighted by molar-refractivity contribution is 7.99. The summed E-state index contributed by atoms with van der Waals surface area (Å²) >= 11 is 7.75. The van der Waals surface area contributed by atoms with E-state index in [1.54, 1.807) is 24.8 Å².